The molecule has 0 aliphatic carbocycles. The number of amides is 1. The van der Waals surface area contributed by atoms with E-state index in [1.807, 2.05) is 41.3 Å². The van der Waals surface area contributed by atoms with E-state index < -0.39 is 0 Å². The van der Waals surface area contributed by atoms with Crippen LogP contribution < -0.4 is 9.47 Å². The summed E-state index contributed by atoms with van der Waals surface area (Å²) >= 11 is 0. The summed E-state index contributed by atoms with van der Waals surface area (Å²) in [6.45, 7) is 0.796. The minimum absolute atomic E-state index is 0.141. The molecule has 0 N–H and O–H groups in total. The number of allylic oxidation sites excluding steroid dienone is 1. The fourth-order valence-corrected chi connectivity index (χ4v) is 4.05. The van der Waals surface area contributed by atoms with Crippen LogP contribution >= 0.6 is 0 Å². The van der Waals surface area contributed by atoms with Gasteiger partial charge in [-0.25, -0.2) is 0 Å². The van der Waals surface area contributed by atoms with Crippen LogP contribution in [0.3, 0.4) is 0 Å². The molecule has 0 bridgehead atoms. The summed E-state index contributed by atoms with van der Waals surface area (Å²) in [6, 6.07) is 11.8. The monoisotopic (exact) mass is 319 g/mol. The van der Waals surface area contributed by atoms with Crippen molar-refractivity contribution >= 4 is 12.0 Å². The number of rotatable bonds is 1. The summed E-state index contributed by atoms with van der Waals surface area (Å²) in [4.78, 5) is 15.3. The van der Waals surface area contributed by atoms with Crippen molar-refractivity contribution in [3.63, 3.8) is 0 Å². The number of hydrogen-bond donors (Lipinski definition) is 0. The number of para-hydroxylation sites is 1. The maximum absolute atomic E-state index is 13.4. The summed E-state index contributed by atoms with van der Waals surface area (Å²) in [5.41, 5.74) is 4.03. The maximum Gasteiger partial charge on any atom is 0.239 e. The number of nitrogens with zero attached hydrogens (tertiary/aromatic N) is 1. The molecule has 0 radical (unpaired) electrons. The Bertz CT molecular complexity index is 900. The first-order chi connectivity index (χ1) is 11.8. The highest BCUT2D eigenvalue weighted by Gasteiger charge is 2.41. The second-order valence-electron chi connectivity index (χ2n) is 6.40. The van der Waals surface area contributed by atoms with E-state index in [1.165, 1.54) is 0 Å². The predicted octanol–water partition coefficient (Wildman–Crippen LogP) is 3.91. The zero-order chi connectivity index (χ0) is 16.3. The molecule has 0 saturated carbocycles. The highest BCUT2D eigenvalue weighted by atomic mass is 16.5. The number of methoxy groups -OCH3 is 1. The zero-order valence-electron chi connectivity index (χ0n) is 13.4. The van der Waals surface area contributed by atoms with Crippen LogP contribution in [0.25, 0.3) is 6.08 Å². The summed E-state index contributed by atoms with van der Waals surface area (Å²) in [5.74, 6) is 1.89. The Balaban J connectivity index is 1.84. The van der Waals surface area contributed by atoms with Gasteiger partial charge in [0, 0.05) is 23.4 Å². The van der Waals surface area contributed by atoms with Crippen LogP contribution in [0.15, 0.2) is 42.1 Å². The van der Waals surface area contributed by atoms with E-state index in [1.54, 1.807) is 7.11 Å². The molecule has 1 saturated heterocycles. The Morgan fingerprint density at radius 1 is 1.21 bits per heavy atom. The molecule has 4 nitrogen and oxygen atoms in total. The molecular weight excluding hydrogens is 302 g/mol. The van der Waals surface area contributed by atoms with Crippen LogP contribution in [0.1, 0.15) is 35.4 Å². The van der Waals surface area contributed by atoms with Gasteiger partial charge in [-0.1, -0.05) is 24.3 Å². The smallest absolute Gasteiger partial charge is 0.239 e. The van der Waals surface area contributed by atoms with E-state index in [0.717, 1.165) is 47.5 Å². The molecular formula is C20H17NO3. The molecule has 3 heterocycles. The third-order valence-corrected chi connectivity index (χ3v) is 5.14. The largest absolute Gasteiger partial charge is 0.493 e. The lowest BCUT2D eigenvalue weighted by molar-refractivity contribution is -0.129. The molecule has 2 aromatic rings. The highest BCUT2D eigenvalue weighted by Crippen LogP contribution is 2.52. The van der Waals surface area contributed by atoms with Crippen LogP contribution in [0.5, 0.6) is 17.2 Å². The number of carbonyl (C=O) groups is 1. The van der Waals surface area contributed by atoms with Gasteiger partial charge in [0.05, 0.1) is 13.0 Å². The van der Waals surface area contributed by atoms with Gasteiger partial charge in [-0.2, -0.15) is 0 Å². The Morgan fingerprint density at radius 3 is 2.96 bits per heavy atom. The lowest BCUT2D eigenvalue weighted by Gasteiger charge is -2.30. The van der Waals surface area contributed by atoms with Crippen molar-refractivity contribution in [2.24, 2.45) is 0 Å². The molecule has 5 rings (SSSR count). The Labute approximate surface area is 140 Å². The molecule has 3 aliphatic rings. The van der Waals surface area contributed by atoms with E-state index in [4.69, 9.17) is 9.47 Å². The van der Waals surface area contributed by atoms with E-state index >= 15 is 0 Å². The van der Waals surface area contributed by atoms with Crippen LogP contribution in [-0.2, 0) is 4.79 Å². The summed E-state index contributed by atoms with van der Waals surface area (Å²) in [6.07, 6.45) is 4.11. The van der Waals surface area contributed by atoms with Crippen molar-refractivity contribution in [1.29, 1.82) is 0 Å². The van der Waals surface area contributed by atoms with Gasteiger partial charge in [-0.05, 0) is 36.6 Å². The fraction of sp³-hybridized carbons (Fsp3) is 0.250. The van der Waals surface area contributed by atoms with Crippen molar-refractivity contribution in [1.82, 2.24) is 4.90 Å². The molecule has 24 heavy (non-hydrogen) atoms. The van der Waals surface area contributed by atoms with Gasteiger partial charge in [-0.15, -0.1) is 0 Å². The summed E-state index contributed by atoms with van der Waals surface area (Å²) < 4.78 is 11.6. The maximum atomic E-state index is 13.4. The molecule has 2 aromatic carbocycles. The standard InChI is InChI=1S/C20H17NO3/c1-23-16-9-8-12-11-13-5-4-10-21(13)20(22)18-14-6-2-3-7-15(14)24-19(16)17(12)18/h2-3,6-9,11,18H,4-5,10H2,1H3. The lowest BCUT2D eigenvalue weighted by Crippen LogP contribution is -2.32. The first-order valence-electron chi connectivity index (χ1n) is 8.27. The van der Waals surface area contributed by atoms with E-state index in [2.05, 4.69) is 6.08 Å². The van der Waals surface area contributed by atoms with Gasteiger partial charge < -0.3 is 14.4 Å². The number of hydrogen-bond acceptors (Lipinski definition) is 3. The normalized spacial score (nSPS) is 20.4. The quantitative estimate of drug-likeness (QED) is 0.800. The van der Waals surface area contributed by atoms with Crippen molar-refractivity contribution in [2.45, 2.75) is 18.8 Å². The third-order valence-electron chi connectivity index (χ3n) is 5.14. The number of carbonyl (C=O) groups excluding carboxylic acids is 1. The molecule has 3 aliphatic heterocycles. The SMILES string of the molecule is COc1ccc2c3c1Oc1ccccc1C3C(=O)N1CCCC1=C2. The summed E-state index contributed by atoms with van der Waals surface area (Å²) in [7, 11) is 1.63. The second kappa shape index (κ2) is 4.87. The van der Waals surface area contributed by atoms with Crippen molar-refractivity contribution in [3.8, 4) is 17.2 Å². The predicted molar refractivity (Wildman–Crippen MR) is 90.3 cm³/mol. The number of fused-ring (bicyclic) bond motifs is 3. The van der Waals surface area contributed by atoms with Gasteiger partial charge in [0.15, 0.2) is 11.5 Å². The zero-order valence-corrected chi connectivity index (χ0v) is 13.4. The Morgan fingerprint density at radius 2 is 2.08 bits per heavy atom. The van der Waals surface area contributed by atoms with Crippen molar-refractivity contribution in [3.05, 3.63) is 58.8 Å². The van der Waals surface area contributed by atoms with Gasteiger partial charge >= 0.3 is 0 Å². The fourth-order valence-electron chi connectivity index (χ4n) is 4.05. The average molecular weight is 319 g/mol. The first-order valence-corrected chi connectivity index (χ1v) is 8.27. The molecule has 4 heteroatoms. The van der Waals surface area contributed by atoms with E-state index in [9.17, 15) is 4.79 Å². The van der Waals surface area contributed by atoms with Gasteiger partial charge in [0.1, 0.15) is 5.75 Å². The topological polar surface area (TPSA) is 38.8 Å². The molecule has 1 amide bonds. The van der Waals surface area contributed by atoms with Gasteiger partial charge in [-0.3, -0.25) is 4.79 Å². The Kier molecular flexibility index (Phi) is 2.77. The molecule has 1 unspecified atom stereocenters. The van der Waals surface area contributed by atoms with Crippen LogP contribution in [0.2, 0.25) is 0 Å². The number of benzene rings is 2. The lowest BCUT2D eigenvalue weighted by atomic mass is 9.84. The van der Waals surface area contributed by atoms with Crippen LogP contribution in [-0.4, -0.2) is 24.5 Å². The molecule has 120 valence electrons. The van der Waals surface area contributed by atoms with Crippen molar-refractivity contribution < 1.29 is 14.3 Å². The molecule has 0 spiro atoms. The van der Waals surface area contributed by atoms with Gasteiger partial charge in [0.25, 0.3) is 0 Å². The van der Waals surface area contributed by atoms with Crippen LogP contribution in [0, 0.1) is 0 Å². The minimum atomic E-state index is -0.332. The van der Waals surface area contributed by atoms with Crippen molar-refractivity contribution in [2.75, 3.05) is 13.7 Å². The van der Waals surface area contributed by atoms with E-state index in [-0.39, 0.29) is 11.8 Å². The minimum Gasteiger partial charge on any atom is -0.493 e. The van der Waals surface area contributed by atoms with E-state index in [0.29, 0.717) is 11.5 Å². The summed E-state index contributed by atoms with van der Waals surface area (Å²) in [5, 5.41) is 0. The second-order valence-corrected chi connectivity index (χ2v) is 6.40. The molecule has 0 aromatic heterocycles. The third kappa shape index (κ3) is 1.71. The Hall–Kier alpha value is -2.75. The molecule has 1 fully saturated rings. The molecule has 1 atom stereocenters. The first kappa shape index (κ1) is 13.7. The highest BCUT2D eigenvalue weighted by molar-refractivity contribution is 5.95. The average Bonchev–Trinajstić information content (AvgIpc) is 3.03. The van der Waals surface area contributed by atoms with Crippen LogP contribution in [0.4, 0.5) is 0 Å². The van der Waals surface area contributed by atoms with Gasteiger partial charge in [0.2, 0.25) is 5.91 Å². The number of ether oxygens (including phenoxy) is 2.